The maximum absolute atomic E-state index is 13.2. The molecule has 3 aromatic rings. The third-order valence-corrected chi connectivity index (χ3v) is 7.48. The van der Waals surface area contributed by atoms with Crippen LogP contribution in [0.25, 0.3) is 11.3 Å². The molecule has 3 N–H and O–H groups in total. The van der Waals surface area contributed by atoms with Gasteiger partial charge in [-0.1, -0.05) is 81.3 Å². The number of carbonyl (C=O) groups is 1. The number of rotatable bonds is 11. The highest BCUT2D eigenvalue weighted by molar-refractivity contribution is 5.93. The smallest absolute Gasteiger partial charge is 0.270 e. The standard InChI is InChI=1S/C34H36N6O.C2H4/c1-6-26-9-7-10-27(14-13-26)18-35-24(4)32-17-31(39-33-21-36-25(5)40(32)33)34(41)38-20-29-12-8-11-28(16-29)19-37-30-15-22(2)23(30)3;1-2/h6,8-17,21,23,35,37H,1-2,4,7,18-20H2,3,5H3,(H,38,41);1-2H2. The Morgan fingerprint density at radius 3 is 2.58 bits per heavy atom. The molecule has 220 valence electrons. The Hall–Kier alpha value is -5.17. The highest BCUT2D eigenvalue weighted by Gasteiger charge is 2.20. The molecule has 1 aromatic carbocycles. The molecule has 0 radical (unpaired) electrons. The van der Waals surface area contributed by atoms with Crippen LogP contribution in [-0.4, -0.2) is 26.8 Å². The molecule has 2 aliphatic rings. The minimum atomic E-state index is -0.256. The van der Waals surface area contributed by atoms with Crippen LogP contribution in [0.1, 0.15) is 46.5 Å². The number of hydrogen-bond donors (Lipinski definition) is 3. The number of nitrogens with zero attached hydrogens (tertiary/aromatic N) is 3. The van der Waals surface area contributed by atoms with Gasteiger partial charge in [-0.05, 0) is 53.3 Å². The first-order valence-corrected chi connectivity index (χ1v) is 14.3. The summed E-state index contributed by atoms with van der Waals surface area (Å²) in [5, 5.41) is 9.91. The molecule has 7 heteroatoms. The second-order valence-corrected chi connectivity index (χ2v) is 10.4. The number of nitrogens with one attached hydrogen (secondary N) is 3. The normalized spacial score (nSPS) is 15.5. The van der Waals surface area contributed by atoms with Crippen LogP contribution >= 0.6 is 0 Å². The molecule has 0 aliphatic heterocycles. The number of imidazole rings is 1. The lowest BCUT2D eigenvalue weighted by Gasteiger charge is -2.27. The Bertz CT molecular complexity index is 1680. The quantitative estimate of drug-likeness (QED) is 0.228. The van der Waals surface area contributed by atoms with Gasteiger partial charge in [0.15, 0.2) is 5.65 Å². The van der Waals surface area contributed by atoms with Crippen LogP contribution in [-0.2, 0) is 13.1 Å². The summed E-state index contributed by atoms with van der Waals surface area (Å²) in [5.41, 5.74) is 9.11. The van der Waals surface area contributed by atoms with Crippen molar-refractivity contribution < 1.29 is 4.79 Å². The highest BCUT2D eigenvalue weighted by Crippen LogP contribution is 2.29. The summed E-state index contributed by atoms with van der Waals surface area (Å²) in [4.78, 5) is 22.2. The van der Waals surface area contributed by atoms with E-state index in [1.807, 2.05) is 29.5 Å². The monoisotopic (exact) mass is 572 g/mol. The number of aromatic nitrogens is 3. The average Bonchev–Trinajstić information content (AvgIpc) is 3.26. The number of hydrogen-bond acceptors (Lipinski definition) is 5. The van der Waals surface area contributed by atoms with Gasteiger partial charge < -0.3 is 16.0 Å². The predicted molar refractivity (Wildman–Crippen MR) is 177 cm³/mol. The van der Waals surface area contributed by atoms with E-state index in [2.05, 4.69) is 108 Å². The zero-order chi connectivity index (χ0) is 30.9. The molecule has 2 aliphatic carbocycles. The van der Waals surface area contributed by atoms with Crippen LogP contribution in [0.3, 0.4) is 0 Å². The van der Waals surface area contributed by atoms with Gasteiger partial charge in [-0.2, -0.15) is 0 Å². The number of benzene rings is 1. The fourth-order valence-corrected chi connectivity index (χ4v) is 4.85. The minimum absolute atomic E-state index is 0.256. The third kappa shape index (κ3) is 7.38. The van der Waals surface area contributed by atoms with E-state index in [9.17, 15) is 4.79 Å². The molecule has 0 bridgehead atoms. The predicted octanol–water partition coefficient (Wildman–Crippen LogP) is 6.51. The van der Waals surface area contributed by atoms with Crippen molar-refractivity contribution in [3.63, 3.8) is 0 Å². The third-order valence-electron chi connectivity index (χ3n) is 7.48. The number of fused-ring (bicyclic) bond motifs is 1. The summed E-state index contributed by atoms with van der Waals surface area (Å²) in [6.07, 6.45) is 14.9. The molecule has 1 unspecified atom stereocenters. The molecule has 1 amide bonds. The maximum atomic E-state index is 13.2. The Morgan fingerprint density at radius 1 is 1.09 bits per heavy atom. The molecule has 1 atom stereocenters. The number of amides is 1. The highest BCUT2D eigenvalue weighted by atomic mass is 16.1. The van der Waals surface area contributed by atoms with Gasteiger partial charge in [0.1, 0.15) is 11.5 Å². The summed E-state index contributed by atoms with van der Waals surface area (Å²) in [5.74, 6) is 0.896. The number of aryl methyl sites for hydroxylation is 1. The second-order valence-electron chi connectivity index (χ2n) is 10.4. The van der Waals surface area contributed by atoms with Crippen molar-refractivity contribution in [3.05, 3.63) is 157 Å². The summed E-state index contributed by atoms with van der Waals surface area (Å²) in [7, 11) is 0. The molecule has 0 fully saturated rings. The first-order chi connectivity index (χ1) is 20.8. The zero-order valence-corrected chi connectivity index (χ0v) is 25.1. The van der Waals surface area contributed by atoms with Crippen LogP contribution in [0.4, 0.5) is 0 Å². The fraction of sp³-hybridized carbons (Fsp3) is 0.194. The van der Waals surface area contributed by atoms with E-state index in [-0.39, 0.29) is 5.91 Å². The van der Waals surface area contributed by atoms with Gasteiger partial charge in [-0.15, -0.1) is 13.2 Å². The van der Waals surface area contributed by atoms with Crippen molar-refractivity contribution in [2.24, 2.45) is 5.92 Å². The fourth-order valence-electron chi connectivity index (χ4n) is 4.85. The molecule has 2 heterocycles. The van der Waals surface area contributed by atoms with Crippen molar-refractivity contribution in [3.8, 4) is 0 Å². The molecule has 2 aromatic heterocycles. The molecular weight excluding hydrogens is 532 g/mol. The lowest BCUT2D eigenvalue weighted by Crippen LogP contribution is -2.26. The number of carbonyl (C=O) groups excluding carboxylic acids is 1. The molecule has 7 nitrogen and oxygen atoms in total. The zero-order valence-electron chi connectivity index (χ0n) is 25.1. The van der Waals surface area contributed by atoms with Crippen molar-refractivity contribution in [1.29, 1.82) is 0 Å². The van der Waals surface area contributed by atoms with E-state index in [1.54, 1.807) is 12.3 Å². The summed E-state index contributed by atoms with van der Waals surface area (Å²) in [6, 6.07) is 9.97. The van der Waals surface area contributed by atoms with Crippen molar-refractivity contribution in [2.45, 2.75) is 33.4 Å². The molecule has 0 saturated heterocycles. The van der Waals surface area contributed by atoms with Gasteiger partial charge in [0.2, 0.25) is 0 Å². The van der Waals surface area contributed by atoms with Gasteiger partial charge in [0, 0.05) is 31.2 Å². The first-order valence-electron chi connectivity index (χ1n) is 14.3. The van der Waals surface area contributed by atoms with E-state index < -0.39 is 0 Å². The van der Waals surface area contributed by atoms with Crippen LogP contribution in [0.5, 0.6) is 0 Å². The Balaban J connectivity index is 0.00000207. The van der Waals surface area contributed by atoms with Gasteiger partial charge >= 0.3 is 0 Å². The van der Waals surface area contributed by atoms with E-state index in [0.717, 1.165) is 52.3 Å². The molecule has 43 heavy (non-hydrogen) atoms. The average molecular weight is 573 g/mol. The topological polar surface area (TPSA) is 83.4 Å². The van der Waals surface area contributed by atoms with Crippen LogP contribution < -0.4 is 16.0 Å². The van der Waals surface area contributed by atoms with Gasteiger partial charge in [-0.25, -0.2) is 9.97 Å². The van der Waals surface area contributed by atoms with Gasteiger partial charge in [-0.3, -0.25) is 9.20 Å². The molecule has 0 saturated carbocycles. The Labute approximate surface area is 254 Å². The van der Waals surface area contributed by atoms with E-state index in [4.69, 9.17) is 0 Å². The Morgan fingerprint density at radius 2 is 1.86 bits per heavy atom. The summed E-state index contributed by atoms with van der Waals surface area (Å²) in [6.45, 7) is 23.9. The largest absolute Gasteiger partial charge is 0.384 e. The Kier molecular flexibility index (Phi) is 10.1. The molecular formula is C36H40N6O. The van der Waals surface area contributed by atoms with Gasteiger partial charge in [0.25, 0.3) is 5.91 Å². The van der Waals surface area contributed by atoms with E-state index in [1.165, 1.54) is 5.70 Å². The van der Waals surface area contributed by atoms with Crippen molar-refractivity contribution in [2.75, 3.05) is 6.54 Å². The van der Waals surface area contributed by atoms with Crippen molar-refractivity contribution >= 4 is 17.3 Å². The maximum Gasteiger partial charge on any atom is 0.270 e. The van der Waals surface area contributed by atoms with E-state index in [0.29, 0.717) is 36.0 Å². The summed E-state index contributed by atoms with van der Waals surface area (Å²) >= 11 is 0. The lowest BCUT2D eigenvalue weighted by atomic mass is 9.87. The first kappa shape index (κ1) is 30.8. The van der Waals surface area contributed by atoms with Crippen LogP contribution in [0.2, 0.25) is 0 Å². The minimum Gasteiger partial charge on any atom is -0.384 e. The second kappa shape index (κ2) is 14.1. The lowest BCUT2D eigenvalue weighted by molar-refractivity contribution is 0.0946. The SMILES string of the molecule is C=C.C=CC1=CCC=C(CNC(=C)c2cc(C(=O)NCc3cccc(CNC4=CC(=C)C4C)c3)nc3cnc(C)n23)C=C1. The molecule has 0 spiro atoms. The van der Waals surface area contributed by atoms with Gasteiger partial charge in [0.05, 0.1) is 17.6 Å². The van der Waals surface area contributed by atoms with Crippen LogP contribution in [0.15, 0.2) is 128 Å². The van der Waals surface area contributed by atoms with Crippen molar-refractivity contribution in [1.82, 2.24) is 30.3 Å². The number of allylic oxidation sites excluding steroid dienone is 7. The summed E-state index contributed by atoms with van der Waals surface area (Å²) < 4.78 is 1.91. The van der Waals surface area contributed by atoms with Crippen LogP contribution in [0, 0.1) is 12.8 Å². The molecule has 5 rings (SSSR count). The van der Waals surface area contributed by atoms with E-state index >= 15 is 0 Å².